The van der Waals surface area contributed by atoms with Crippen LogP contribution in [0.4, 0.5) is 13.2 Å². The highest BCUT2D eigenvalue weighted by Crippen LogP contribution is 2.33. The molecule has 1 rings (SSSR count). The standard InChI is InChI=1S/C12H17F3N2O2S/c1-20-11(8-16)3-5-17(6-4-11)10(18)2-7-19-9-12(13,14)15/h2-7,9H2,1H3. The van der Waals surface area contributed by atoms with Crippen molar-refractivity contribution >= 4 is 17.7 Å². The van der Waals surface area contributed by atoms with Crippen LogP contribution < -0.4 is 0 Å². The molecule has 0 aromatic rings. The molecule has 1 amide bonds. The molecule has 4 nitrogen and oxygen atoms in total. The van der Waals surface area contributed by atoms with Crippen LogP contribution in [0.5, 0.6) is 0 Å². The Morgan fingerprint density at radius 3 is 2.50 bits per heavy atom. The monoisotopic (exact) mass is 310 g/mol. The Morgan fingerprint density at radius 2 is 2.05 bits per heavy atom. The maximum Gasteiger partial charge on any atom is 0.411 e. The second-order valence-electron chi connectivity index (χ2n) is 4.61. The molecule has 1 aliphatic rings. The van der Waals surface area contributed by atoms with Gasteiger partial charge in [0, 0.05) is 13.1 Å². The van der Waals surface area contributed by atoms with E-state index in [1.54, 1.807) is 4.90 Å². The molecule has 1 aliphatic heterocycles. The second kappa shape index (κ2) is 7.18. The van der Waals surface area contributed by atoms with Crippen molar-refractivity contribution in [1.29, 1.82) is 5.26 Å². The summed E-state index contributed by atoms with van der Waals surface area (Å²) in [5.74, 6) is -0.222. The summed E-state index contributed by atoms with van der Waals surface area (Å²) in [6, 6.07) is 2.27. The lowest BCUT2D eigenvalue weighted by molar-refractivity contribution is -0.175. The van der Waals surface area contributed by atoms with E-state index in [2.05, 4.69) is 10.8 Å². The summed E-state index contributed by atoms with van der Waals surface area (Å²) < 4.78 is 39.5. The van der Waals surface area contributed by atoms with E-state index in [0.717, 1.165) is 0 Å². The Bertz CT molecular complexity index is 374. The van der Waals surface area contributed by atoms with Crippen molar-refractivity contribution in [2.45, 2.75) is 30.2 Å². The molecule has 1 fully saturated rings. The van der Waals surface area contributed by atoms with Gasteiger partial charge in [-0.15, -0.1) is 11.8 Å². The van der Waals surface area contributed by atoms with Gasteiger partial charge in [-0.3, -0.25) is 4.79 Å². The van der Waals surface area contributed by atoms with Crippen molar-refractivity contribution in [3.63, 3.8) is 0 Å². The minimum absolute atomic E-state index is 0.0606. The van der Waals surface area contributed by atoms with Crippen molar-refractivity contribution < 1.29 is 22.7 Å². The maximum absolute atomic E-state index is 11.8. The molecule has 0 radical (unpaired) electrons. The highest BCUT2D eigenvalue weighted by molar-refractivity contribution is 8.00. The summed E-state index contributed by atoms with van der Waals surface area (Å²) in [6.07, 6.45) is -1.39. The van der Waals surface area contributed by atoms with Crippen LogP contribution in [0.25, 0.3) is 0 Å². The first-order valence-electron chi connectivity index (χ1n) is 6.20. The number of halogens is 3. The molecule has 0 saturated carbocycles. The zero-order valence-electron chi connectivity index (χ0n) is 11.2. The number of alkyl halides is 3. The average molecular weight is 310 g/mol. The van der Waals surface area contributed by atoms with E-state index in [1.165, 1.54) is 11.8 Å². The van der Waals surface area contributed by atoms with Crippen LogP contribution in [0.1, 0.15) is 19.3 Å². The minimum Gasteiger partial charge on any atom is -0.372 e. The molecule has 20 heavy (non-hydrogen) atoms. The zero-order valence-corrected chi connectivity index (χ0v) is 12.0. The second-order valence-corrected chi connectivity index (χ2v) is 5.80. The fourth-order valence-corrected chi connectivity index (χ4v) is 2.67. The van der Waals surface area contributed by atoms with Crippen molar-refractivity contribution in [3.05, 3.63) is 0 Å². The number of hydrogen-bond acceptors (Lipinski definition) is 4. The van der Waals surface area contributed by atoms with E-state index in [4.69, 9.17) is 5.26 Å². The molecule has 0 N–H and O–H groups in total. The quantitative estimate of drug-likeness (QED) is 0.731. The third-order valence-electron chi connectivity index (χ3n) is 3.24. The van der Waals surface area contributed by atoms with Gasteiger partial charge in [-0.2, -0.15) is 18.4 Å². The number of amides is 1. The Balaban J connectivity index is 2.28. The van der Waals surface area contributed by atoms with Crippen LogP contribution >= 0.6 is 11.8 Å². The van der Waals surface area contributed by atoms with E-state index in [0.29, 0.717) is 25.9 Å². The molecule has 1 heterocycles. The Hall–Kier alpha value is -0.940. The average Bonchev–Trinajstić information content (AvgIpc) is 2.42. The van der Waals surface area contributed by atoms with Crippen molar-refractivity contribution in [1.82, 2.24) is 4.90 Å². The van der Waals surface area contributed by atoms with Gasteiger partial charge in [0.2, 0.25) is 5.91 Å². The van der Waals surface area contributed by atoms with Gasteiger partial charge in [0.25, 0.3) is 0 Å². The summed E-state index contributed by atoms with van der Waals surface area (Å²) in [4.78, 5) is 13.4. The van der Waals surface area contributed by atoms with Crippen LogP contribution in [0.15, 0.2) is 0 Å². The smallest absolute Gasteiger partial charge is 0.372 e. The first-order valence-corrected chi connectivity index (χ1v) is 7.43. The lowest BCUT2D eigenvalue weighted by atomic mass is 9.97. The highest BCUT2D eigenvalue weighted by Gasteiger charge is 2.35. The van der Waals surface area contributed by atoms with E-state index < -0.39 is 17.5 Å². The predicted octanol–water partition coefficient (Wildman–Crippen LogP) is 2.20. The number of piperidine rings is 1. The molecule has 1 saturated heterocycles. The molecule has 0 aromatic heterocycles. The number of hydrogen-bond donors (Lipinski definition) is 0. The van der Waals surface area contributed by atoms with Crippen molar-refractivity contribution in [2.24, 2.45) is 0 Å². The van der Waals surface area contributed by atoms with Crippen LogP contribution in [-0.2, 0) is 9.53 Å². The first kappa shape index (κ1) is 17.1. The fraction of sp³-hybridized carbons (Fsp3) is 0.833. The van der Waals surface area contributed by atoms with Gasteiger partial charge in [-0.1, -0.05) is 0 Å². The lowest BCUT2D eigenvalue weighted by Gasteiger charge is -2.36. The third kappa shape index (κ3) is 5.21. The van der Waals surface area contributed by atoms with E-state index >= 15 is 0 Å². The molecule has 0 atom stereocenters. The number of ether oxygens (including phenoxy) is 1. The van der Waals surface area contributed by atoms with Crippen molar-refractivity contribution in [2.75, 3.05) is 32.6 Å². The number of nitriles is 1. The Morgan fingerprint density at radius 1 is 1.45 bits per heavy atom. The summed E-state index contributed by atoms with van der Waals surface area (Å²) in [5, 5.41) is 9.12. The first-order chi connectivity index (χ1) is 9.32. The molecule has 0 aromatic carbocycles. The third-order valence-corrected chi connectivity index (χ3v) is 4.53. The van der Waals surface area contributed by atoms with Gasteiger partial charge >= 0.3 is 6.18 Å². The van der Waals surface area contributed by atoms with Crippen molar-refractivity contribution in [3.8, 4) is 6.07 Å². The zero-order chi connectivity index (χ0) is 15.2. The SMILES string of the molecule is CSC1(C#N)CCN(C(=O)CCOCC(F)(F)F)CC1. The topological polar surface area (TPSA) is 53.3 Å². The lowest BCUT2D eigenvalue weighted by Crippen LogP contribution is -2.44. The summed E-state index contributed by atoms with van der Waals surface area (Å²) in [6.45, 7) is -0.635. The molecule has 114 valence electrons. The summed E-state index contributed by atoms with van der Waals surface area (Å²) in [5.41, 5.74) is 0. The van der Waals surface area contributed by atoms with Gasteiger partial charge in [0.15, 0.2) is 0 Å². The van der Waals surface area contributed by atoms with Crippen LogP contribution in [0.2, 0.25) is 0 Å². The highest BCUT2D eigenvalue weighted by atomic mass is 32.2. The molecule has 0 aliphatic carbocycles. The minimum atomic E-state index is -4.36. The van der Waals surface area contributed by atoms with E-state index in [-0.39, 0.29) is 18.9 Å². The fourth-order valence-electron chi connectivity index (χ4n) is 1.98. The number of rotatable bonds is 5. The molecule has 0 bridgehead atoms. The predicted molar refractivity (Wildman–Crippen MR) is 69.2 cm³/mol. The number of carbonyl (C=O) groups is 1. The van der Waals surface area contributed by atoms with Gasteiger partial charge in [0.1, 0.15) is 11.4 Å². The number of thioether (sulfide) groups is 1. The van der Waals surface area contributed by atoms with E-state index in [9.17, 15) is 18.0 Å². The number of nitrogens with zero attached hydrogens (tertiary/aromatic N) is 2. The van der Waals surface area contributed by atoms with Crippen LogP contribution in [0, 0.1) is 11.3 Å². The normalized spacial score (nSPS) is 18.6. The molecular formula is C12H17F3N2O2S. The van der Waals surface area contributed by atoms with Crippen LogP contribution in [0.3, 0.4) is 0 Å². The molecule has 8 heteroatoms. The maximum atomic E-state index is 11.8. The van der Waals surface area contributed by atoms with Crippen LogP contribution in [-0.4, -0.2) is 54.3 Å². The van der Waals surface area contributed by atoms with Gasteiger partial charge in [-0.25, -0.2) is 0 Å². The number of carbonyl (C=O) groups excluding carboxylic acids is 1. The van der Waals surface area contributed by atoms with Gasteiger partial charge < -0.3 is 9.64 Å². The summed E-state index contributed by atoms with van der Waals surface area (Å²) in [7, 11) is 0. The molecular weight excluding hydrogens is 293 g/mol. The van der Waals surface area contributed by atoms with E-state index in [1.807, 2.05) is 6.26 Å². The van der Waals surface area contributed by atoms with Gasteiger partial charge in [-0.05, 0) is 19.1 Å². The molecule has 0 unspecified atom stereocenters. The number of likely N-dealkylation sites (tertiary alicyclic amines) is 1. The Labute approximate surface area is 120 Å². The van der Waals surface area contributed by atoms with Gasteiger partial charge in [0.05, 0.1) is 19.1 Å². The molecule has 0 spiro atoms. The summed E-state index contributed by atoms with van der Waals surface area (Å²) >= 11 is 1.48. The Kier molecular flexibility index (Phi) is 6.14. The largest absolute Gasteiger partial charge is 0.411 e.